The number of rotatable bonds is 4. The van der Waals surface area contributed by atoms with Gasteiger partial charge in [0, 0.05) is 11.6 Å². The molecule has 0 aliphatic rings. The van der Waals surface area contributed by atoms with E-state index in [4.69, 9.17) is 15.2 Å². The van der Waals surface area contributed by atoms with Gasteiger partial charge in [0.25, 0.3) is 0 Å². The molecule has 0 aliphatic heterocycles. The van der Waals surface area contributed by atoms with Crippen LogP contribution in [0.25, 0.3) is 0 Å². The Hall–Kier alpha value is -2.08. The summed E-state index contributed by atoms with van der Waals surface area (Å²) in [6.07, 6.45) is 0. The molecular formula is C13H12FNO3S. The molecule has 1 aromatic carbocycles. The van der Waals surface area contributed by atoms with E-state index in [1.165, 1.54) is 30.6 Å². The Morgan fingerprint density at radius 2 is 2.21 bits per heavy atom. The van der Waals surface area contributed by atoms with Gasteiger partial charge in [-0.3, -0.25) is 0 Å². The third-order valence-corrected chi connectivity index (χ3v) is 3.41. The molecule has 0 atom stereocenters. The number of hydrogen-bond acceptors (Lipinski definition) is 5. The number of nitrogens with two attached hydrogens (primary N) is 1. The molecule has 2 aromatic rings. The van der Waals surface area contributed by atoms with Crippen LogP contribution in [-0.4, -0.2) is 13.1 Å². The second-order valence-electron chi connectivity index (χ2n) is 3.74. The van der Waals surface area contributed by atoms with Crippen LogP contribution >= 0.6 is 11.3 Å². The summed E-state index contributed by atoms with van der Waals surface area (Å²) in [5.41, 5.74) is 6.24. The summed E-state index contributed by atoms with van der Waals surface area (Å²) in [4.78, 5) is 12.0. The fourth-order valence-corrected chi connectivity index (χ4v) is 2.18. The average molecular weight is 281 g/mol. The lowest BCUT2D eigenvalue weighted by molar-refractivity contribution is 0.0476. The number of thiophene rings is 1. The molecule has 2 N–H and O–H groups in total. The predicted octanol–water partition coefficient (Wildman–Crippen LogP) is 2.83. The van der Waals surface area contributed by atoms with Gasteiger partial charge in [-0.15, -0.1) is 11.3 Å². The van der Waals surface area contributed by atoms with Gasteiger partial charge in [0.2, 0.25) is 0 Å². The molecule has 0 radical (unpaired) electrons. The molecular weight excluding hydrogens is 269 g/mol. The van der Waals surface area contributed by atoms with Crippen molar-refractivity contribution in [2.24, 2.45) is 0 Å². The number of esters is 1. The maximum Gasteiger partial charge on any atom is 0.350 e. The predicted molar refractivity (Wildman–Crippen MR) is 70.8 cm³/mol. The molecule has 0 spiro atoms. The molecule has 0 fully saturated rings. The first-order valence-corrected chi connectivity index (χ1v) is 6.32. The highest BCUT2D eigenvalue weighted by atomic mass is 32.1. The fourth-order valence-electron chi connectivity index (χ4n) is 1.47. The van der Waals surface area contributed by atoms with Gasteiger partial charge in [-0.1, -0.05) is 0 Å². The van der Waals surface area contributed by atoms with Crippen LogP contribution in [0.2, 0.25) is 0 Å². The van der Waals surface area contributed by atoms with Crippen LogP contribution in [0.1, 0.15) is 15.2 Å². The van der Waals surface area contributed by atoms with E-state index in [9.17, 15) is 9.18 Å². The molecule has 0 amide bonds. The van der Waals surface area contributed by atoms with Crippen molar-refractivity contribution in [2.75, 3.05) is 12.8 Å². The number of anilines is 1. The van der Waals surface area contributed by atoms with Gasteiger partial charge in [0.15, 0.2) is 0 Å². The Bertz CT molecular complexity index is 597. The monoisotopic (exact) mass is 281 g/mol. The molecule has 1 aromatic heterocycles. The van der Waals surface area contributed by atoms with Crippen molar-refractivity contribution >= 4 is 23.0 Å². The zero-order valence-corrected chi connectivity index (χ0v) is 11.0. The highest BCUT2D eigenvalue weighted by Gasteiger charge is 2.14. The van der Waals surface area contributed by atoms with E-state index < -0.39 is 11.8 Å². The molecule has 1 heterocycles. The van der Waals surface area contributed by atoms with Gasteiger partial charge in [0.05, 0.1) is 12.8 Å². The lowest BCUT2D eigenvalue weighted by atomic mass is 10.2. The highest BCUT2D eigenvalue weighted by Crippen LogP contribution is 2.21. The Balaban J connectivity index is 2.03. The van der Waals surface area contributed by atoms with Crippen LogP contribution in [-0.2, 0) is 11.3 Å². The van der Waals surface area contributed by atoms with E-state index in [0.29, 0.717) is 16.3 Å². The van der Waals surface area contributed by atoms with Crippen LogP contribution in [0.4, 0.5) is 10.1 Å². The molecule has 0 saturated carbocycles. The summed E-state index contributed by atoms with van der Waals surface area (Å²) in [7, 11) is 1.45. The number of carbonyl (C=O) groups is 1. The number of benzene rings is 1. The van der Waals surface area contributed by atoms with Crippen LogP contribution < -0.4 is 10.5 Å². The normalized spacial score (nSPS) is 10.2. The number of halogens is 1. The number of carbonyl (C=O) groups excluding carboxylic acids is 1. The zero-order valence-electron chi connectivity index (χ0n) is 10.2. The Morgan fingerprint density at radius 1 is 1.42 bits per heavy atom. The standard InChI is InChI=1S/C13H12FNO3S/c1-17-9-3-2-8(10(14)6-9)7-18-13(16)12-11(15)4-5-19-12/h2-6H,7,15H2,1H3. The first kappa shape index (κ1) is 13.4. The summed E-state index contributed by atoms with van der Waals surface area (Å²) in [5.74, 6) is -0.621. The van der Waals surface area contributed by atoms with Crippen molar-refractivity contribution in [2.45, 2.75) is 6.61 Å². The van der Waals surface area contributed by atoms with Crippen molar-refractivity contribution in [3.8, 4) is 5.75 Å². The minimum absolute atomic E-state index is 0.147. The maximum absolute atomic E-state index is 13.6. The van der Waals surface area contributed by atoms with E-state index in [0.717, 1.165) is 0 Å². The van der Waals surface area contributed by atoms with Crippen molar-refractivity contribution in [3.63, 3.8) is 0 Å². The summed E-state index contributed by atoms with van der Waals surface area (Å²) in [6, 6.07) is 5.98. The SMILES string of the molecule is COc1ccc(COC(=O)c2sccc2N)c(F)c1. The Kier molecular flexibility index (Phi) is 4.01. The van der Waals surface area contributed by atoms with E-state index in [1.807, 2.05) is 0 Å². The van der Waals surface area contributed by atoms with Crippen LogP contribution in [0.5, 0.6) is 5.75 Å². The minimum atomic E-state index is -0.553. The Morgan fingerprint density at radius 3 is 2.79 bits per heavy atom. The van der Waals surface area contributed by atoms with Crippen LogP contribution in [0.3, 0.4) is 0 Å². The lowest BCUT2D eigenvalue weighted by Gasteiger charge is -2.07. The minimum Gasteiger partial charge on any atom is -0.497 e. The van der Waals surface area contributed by atoms with Gasteiger partial charge in [-0.2, -0.15) is 0 Å². The van der Waals surface area contributed by atoms with E-state index in [-0.39, 0.29) is 12.2 Å². The molecule has 6 heteroatoms. The van der Waals surface area contributed by atoms with Crippen LogP contribution in [0, 0.1) is 5.82 Å². The highest BCUT2D eigenvalue weighted by molar-refractivity contribution is 7.12. The molecule has 4 nitrogen and oxygen atoms in total. The topological polar surface area (TPSA) is 61.5 Å². The smallest absolute Gasteiger partial charge is 0.350 e. The van der Waals surface area contributed by atoms with Crippen molar-refractivity contribution in [3.05, 3.63) is 45.9 Å². The number of nitrogen functional groups attached to an aromatic ring is 1. The van der Waals surface area contributed by atoms with Gasteiger partial charge in [-0.25, -0.2) is 9.18 Å². The lowest BCUT2D eigenvalue weighted by Crippen LogP contribution is -2.06. The molecule has 19 heavy (non-hydrogen) atoms. The van der Waals surface area contributed by atoms with Gasteiger partial charge in [-0.05, 0) is 23.6 Å². The first-order valence-electron chi connectivity index (χ1n) is 5.44. The maximum atomic E-state index is 13.6. The zero-order chi connectivity index (χ0) is 13.8. The number of ether oxygens (including phenoxy) is 2. The van der Waals surface area contributed by atoms with E-state index in [2.05, 4.69) is 0 Å². The number of hydrogen-bond donors (Lipinski definition) is 1. The second kappa shape index (κ2) is 5.71. The average Bonchev–Trinajstić information content (AvgIpc) is 2.83. The summed E-state index contributed by atoms with van der Waals surface area (Å²) in [5, 5.41) is 1.69. The summed E-state index contributed by atoms with van der Waals surface area (Å²) < 4.78 is 23.5. The van der Waals surface area contributed by atoms with Crippen molar-refractivity contribution in [1.29, 1.82) is 0 Å². The summed E-state index contributed by atoms with van der Waals surface area (Å²) in [6.45, 7) is -0.147. The summed E-state index contributed by atoms with van der Waals surface area (Å²) >= 11 is 1.19. The Labute approximate surface area is 113 Å². The van der Waals surface area contributed by atoms with Gasteiger partial charge in [0.1, 0.15) is 23.1 Å². The first-order chi connectivity index (χ1) is 9.11. The van der Waals surface area contributed by atoms with E-state index >= 15 is 0 Å². The second-order valence-corrected chi connectivity index (χ2v) is 4.65. The third kappa shape index (κ3) is 3.03. The van der Waals surface area contributed by atoms with Crippen LogP contribution in [0.15, 0.2) is 29.6 Å². The quantitative estimate of drug-likeness (QED) is 0.875. The van der Waals surface area contributed by atoms with Crippen molar-refractivity contribution < 1.29 is 18.7 Å². The molecule has 0 bridgehead atoms. The molecule has 100 valence electrons. The molecule has 0 unspecified atom stereocenters. The fraction of sp³-hybridized carbons (Fsp3) is 0.154. The number of methoxy groups -OCH3 is 1. The molecule has 0 saturated heterocycles. The van der Waals surface area contributed by atoms with Gasteiger partial charge < -0.3 is 15.2 Å². The largest absolute Gasteiger partial charge is 0.497 e. The van der Waals surface area contributed by atoms with Crippen molar-refractivity contribution in [1.82, 2.24) is 0 Å². The molecule has 0 aliphatic carbocycles. The van der Waals surface area contributed by atoms with Gasteiger partial charge >= 0.3 is 5.97 Å². The van der Waals surface area contributed by atoms with E-state index in [1.54, 1.807) is 17.5 Å². The molecule has 2 rings (SSSR count). The third-order valence-electron chi connectivity index (χ3n) is 2.50.